The van der Waals surface area contributed by atoms with Crippen molar-refractivity contribution in [2.24, 2.45) is 0 Å². The SMILES string of the molecule is COc1ccc(Cn2c(=O)n3ncnc3c3cc(CN4CC(C)OC(C)C4)cnc32)cc1F. The van der Waals surface area contributed by atoms with E-state index in [0.717, 1.165) is 18.7 Å². The van der Waals surface area contributed by atoms with Crippen molar-refractivity contribution in [1.82, 2.24) is 29.0 Å². The van der Waals surface area contributed by atoms with Gasteiger partial charge < -0.3 is 9.47 Å². The largest absolute Gasteiger partial charge is 0.494 e. The normalized spacial score (nSPS) is 19.4. The Balaban J connectivity index is 1.56. The van der Waals surface area contributed by atoms with Crippen LogP contribution in [-0.2, 0) is 17.8 Å². The van der Waals surface area contributed by atoms with Gasteiger partial charge in [0.25, 0.3) is 0 Å². The zero-order valence-corrected chi connectivity index (χ0v) is 18.7. The summed E-state index contributed by atoms with van der Waals surface area (Å²) in [7, 11) is 1.41. The smallest absolute Gasteiger partial charge is 0.352 e. The third-order valence-corrected chi connectivity index (χ3v) is 5.84. The van der Waals surface area contributed by atoms with Crippen molar-refractivity contribution in [1.29, 1.82) is 0 Å². The number of halogens is 1. The van der Waals surface area contributed by atoms with Gasteiger partial charge in [0.2, 0.25) is 0 Å². The number of pyridine rings is 1. The topological polar surface area (TPSA) is 86.8 Å². The monoisotopic (exact) mass is 452 g/mol. The summed E-state index contributed by atoms with van der Waals surface area (Å²) in [6, 6.07) is 6.63. The van der Waals surface area contributed by atoms with Crippen molar-refractivity contribution >= 4 is 16.7 Å². The van der Waals surface area contributed by atoms with E-state index >= 15 is 0 Å². The van der Waals surface area contributed by atoms with E-state index in [0.29, 0.717) is 28.8 Å². The van der Waals surface area contributed by atoms with E-state index in [9.17, 15) is 9.18 Å². The lowest BCUT2D eigenvalue weighted by atomic mass is 10.1. The fourth-order valence-electron chi connectivity index (χ4n) is 4.54. The van der Waals surface area contributed by atoms with Crippen molar-refractivity contribution in [3.63, 3.8) is 0 Å². The maximum absolute atomic E-state index is 14.2. The molecule has 1 saturated heterocycles. The molecule has 0 aliphatic carbocycles. The van der Waals surface area contributed by atoms with Gasteiger partial charge in [-0.25, -0.2) is 19.2 Å². The lowest BCUT2D eigenvalue weighted by Crippen LogP contribution is -2.44. The first-order valence-corrected chi connectivity index (χ1v) is 10.8. The van der Waals surface area contributed by atoms with Gasteiger partial charge in [-0.3, -0.25) is 9.47 Å². The van der Waals surface area contributed by atoms with E-state index in [1.807, 2.05) is 6.07 Å². The summed E-state index contributed by atoms with van der Waals surface area (Å²) in [4.78, 5) is 24.4. The molecule has 9 nitrogen and oxygen atoms in total. The van der Waals surface area contributed by atoms with Gasteiger partial charge in [0, 0.05) is 25.8 Å². The fourth-order valence-corrected chi connectivity index (χ4v) is 4.54. The molecule has 0 spiro atoms. The molecule has 0 bridgehead atoms. The Labute approximate surface area is 189 Å². The minimum absolute atomic E-state index is 0.136. The van der Waals surface area contributed by atoms with Crippen LogP contribution in [0.1, 0.15) is 25.0 Å². The van der Waals surface area contributed by atoms with Crippen LogP contribution in [0.15, 0.2) is 41.6 Å². The molecular weight excluding hydrogens is 427 g/mol. The first-order valence-electron chi connectivity index (χ1n) is 10.8. The molecule has 1 fully saturated rings. The number of hydrogen-bond donors (Lipinski definition) is 0. The van der Waals surface area contributed by atoms with Crippen LogP contribution in [0.4, 0.5) is 4.39 Å². The van der Waals surface area contributed by atoms with Gasteiger partial charge in [-0.05, 0) is 43.2 Å². The van der Waals surface area contributed by atoms with Crippen molar-refractivity contribution in [3.05, 3.63) is 64.2 Å². The predicted octanol–water partition coefficient (Wildman–Crippen LogP) is 2.24. The van der Waals surface area contributed by atoms with Crippen LogP contribution in [0.5, 0.6) is 5.75 Å². The molecule has 1 aromatic carbocycles. The standard InChI is InChI=1S/C23H25FN6O3/c1-14-9-28(10-15(2)33-14)11-17-6-18-21(25-8-17)29(23(31)30-22(18)26-13-27-30)12-16-4-5-20(32-3)19(24)7-16/h4-8,13-15H,9-12H2,1-3H3. The summed E-state index contributed by atoms with van der Waals surface area (Å²) in [6.45, 7) is 6.67. The minimum atomic E-state index is -0.488. The van der Waals surface area contributed by atoms with Crippen molar-refractivity contribution in [2.45, 2.75) is 39.1 Å². The van der Waals surface area contributed by atoms with E-state index in [1.54, 1.807) is 18.3 Å². The number of aromatic nitrogens is 5. The number of morpholine rings is 1. The van der Waals surface area contributed by atoms with Crippen molar-refractivity contribution < 1.29 is 13.9 Å². The van der Waals surface area contributed by atoms with E-state index in [1.165, 1.54) is 28.6 Å². The molecule has 4 heterocycles. The molecule has 1 aliphatic rings. The summed E-state index contributed by atoms with van der Waals surface area (Å²) in [5.41, 5.74) is 2.16. The fraction of sp³-hybridized carbons (Fsp3) is 0.391. The molecule has 2 unspecified atom stereocenters. The van der Waals surface area contributed by atoms with Gasteiger partial charge >= 0.3 is 5.69 Å². The summed E-state index contributed by atoms with van der Waals surface area (Å²) in [5, 5.41) is 4.82. The molecule has 0 N–H and O–H groups in total. The van der Waals surface area contributed by atoms with E-state index < -0.39 is 5.82 Å². The number of nitrogens with zero attached hydrogens (tertiary/aromatic N) is 6. The quantitative estimate of drug-likeness (QED) is 0.459. The first kappa shape index (κ1) is 21.5. The average molecular weight is 452 g/mol. The Hall–Kier alpha value is -3.37. The second kappa shape index (κ2) is 8.53. The second-order valence-corrected chi connectivity index (χ2v) is 8.50. The molecule has 33 heavy (non-hydrogen) atoms. The van der Waals surface area contributed by atoms with Gasteiger partial charge in [0.1, 0.15) is 12.0 Å². The van der Waals surface area contributed by atoms with Gasteiger partial charge in [-0.2, -0.15) is 9.61 Å². The third-order valence-electron chi connectivity index (χ3n) is 5.84. The van der Waals surface area contributed by atoms with Gasteiger partial charge in [-0.15, -0.1) is 0 Å². The highest BCUT2D eigenvalue weighted by Crippen LogP contribution is 2.22. The Morgan fingerprint density at radius 2 is 1.88 bits per heavy atom. The van der Waals surface area contributed by atoms with Gasteiger partial charge in [0.05, 0.1) is 31.2 Å². The highest BCUT2D eigenvalue weighted by atomic mass is 19.1. The van der Waals surface area contributed by atoms with Crippen LogP contribution < -0.4 is 10.4 Å². The molecule has 2 atom stereocenters. The average Bonchev–Trinajstić information content (AvgIpc) is 3.27. The van der Waals surface area contributed by atoms with Crippen LogP contribution >= 0.6 is 0 Å². The minimum Gasteiger partial charge on any atom is -0.494 e. The first-order chi connectivity index (χ1) is 15.9. The third kappa shape index (κ3) is 4.07. The van der Waals surface area contributed by atoms with Gasteiger partial charge in [-0.1, -0.05) is 6.07 Å². The van der Waals surface area contributed by atoms with Crippen molar-refractivity contribution in [3.8, 4) is 5.75 Å². The highest BCUT2D eigenvalue weighted by Gasteiger charge is 2.23. The van der Waals surface area contributed by atoms with E-state index in [-0.39, 0.29) is 30.2 Å². The molecule has 10 heteroatoms. The zero-order valence-electron chi connectivity index (χ0n) is 18.7. The lowest BCUT2D eigenvalue weighted by Gasteiger charge is -2.35. The van der Waals surface area contributed by atoms with Crippen LogP contribution in [0.25, 0.3) is 16.7 Å². The maximum Gasteiger partial charge on any atom is 0.352 e. The van der Waals surface area contributed by atoms with Crippen LogP contribution in [-0.4, -0.2) is 61.5 Å². The predicted molar refractivity (Wildman–Crippen MR) is 120 cm³/mol. The Bertz CT molecular complexity index is 1370. The Morgan fingerprint density at radius 1 is 1.09 bits per heavy atom. The molecule has 0 amide bonds. The number of rotatable bonds is 5. The number of fused-ring (bicyclic) bond motifs is 3. The zero-order chi connectivity index (χ0) is 23.1. The number of ether oxygens (including phenoxy) is 2. The van der Waals surface area contributed by atoms with E-state index in [2.05, 4.69) is 33.8 Å². The summed E-state index contributed by atoms with van der Waals surface area (Å²) in [5.74, 6) is -0.337. The highest BCUT2D eigenvalue weighted by molar-refractivity contribution is 5.89. The van der Waals surface area contributed by atoms with Crippen molar-refractivity contribution in [2.75, 3.05) is 20.2 Å². The molecule has 4 aromatic rings. The van der Waals surface area contributed by atoms with Crippen LogP contribution in [0.2, 0.25) is 0 Å². The number of hydrogen-bond acceptors (Lipinski definition) is 7. The molecule has 0 radical (unpaired) electrons. The molecular formula is C23H25FN6O3. The maximum atomic E-state index is 14.2. The van der Waals surface area contributed by atoms with Crippen LogP contribution in [0.3, 0.4) is 0 Å². The van der Waals surface area contributed by atoms with Crippen LogP contribution in [0, 0.1) is 5.82 Å². The lowest BCUT2D eigenvalue weighted by molar-refractivity contribution is -0.0705. The molecule has 3 aromatic heterocycles. The number of methoxy groups -OCH3 is 1. The Morgan fingerprint density at radius 3 is 2.61 bits per heavy atom. The van der Waals surface area contributed by atoms with Gasteiger partial charge in [0.15, 0.2) is 17.2 Å². The molecule has 0 saturated carbocycles. The second-order valence-electron chi connectivity index (χ2n) is 8.50. The Kier molecular flexibility index (Phi) is 5.55. The van der Waals surface area contributed by atoms with E-state index in [4.69, 9.17) is 9.47 Å². The molecule has 172 valence electrons. The molecule has 5 rings (SSSR count). The number of benzene rings is 1. The summed E-state index contributed by atoms with van der Waals surface area (Å²) < 4.78 is 27.8. The summed E-state index contributed by atoms with van der Waals surface area (Å²) >= 11 is 0. The summed E-state index contributed by atoms with van der Waals surface area (Å²) in [6.07, 6.45) is 3.47. The molecule has 1 aliphatic heterocycles.